The minimum absolute atomic E-state index is 0.0772. The van der Waals surface area contributed by atoms with Crippen molar-refractivity contribution in [2.75, 3.05) is 102 Å². The molecule has 0 saturated carbocycles. The lowest BCUT2D eigenvalue weighted by Gasteiger charge is -2.36. The highest BCUT2D eigenvalue weighted by molar-refractivity contribution is 6.31. The average Bonchev–Trinajstić information content (AvgIpc) is 3.33. The molecule has 4 aliphatic rings. The van der Waals surface area contributed by atoms with Gasteiger partial charge in [-0.25, -0.2) is 0 Å². The first kappa shape index (κ1) is 46.0. The number of halogens is 2. The summed E-state index contributed by atoms with van der Waals surface area (Å²) in [7, 11) is 0. The molecule has 0 atom stereocenters. The number of nitrogens with one attached hydrogen (secondary N) is 2. The molecule has 0 bridgehead atoms. The Balaban J connectivity index is 0.000000191. The summed E-state index contributed by atoms with van der Waals surface area (Å²) in [5.74, 6) is 1.35. The van der Waals surface area contributed by atoms with Crippen LogP contribution in [0.4, 0.5) is 11.4 Å². The number of anilines is 2. The van der Waals surface area contributed by atoms with E-state index in [4.69, 9.17) is 43.2 Å². The fraction of sp³-hybridized carbons (Fsp3) is 0.360. The predicted molar refractivity (Wildman–Crippen MR) is 254 cm³/mol. The van der Waals surface area contributed by atoms with E-state index in [0.717, 1.165) is 119 Å². The van der Waals surface area contributed by atoms with Gasteiger partial charge in [0.1, 0.15) is 24.7 Å². The van der Waals surface area contributed by atoms with Crippen molar-refractivity contribution in [2.24, 2.45) is 0 Å². The van der Waals surface area contributed by atoms with Crippen molar-refractivity contribution >= 4 is 58.5 Å². The smallest absolute Gasteiger partial charge is 0.250 e. The normalized spacial score (nSPS) is 15.9. The molecule has 2 fully saturated rings. The Kier molecular flexibility index (Phi) is 16.6. The second-order valence-electron chi connectivity index (χ2n) is 16.2. The number of carbonyl (C=O) groups excluding carboxylic acids is 2. The molecule has 0 spiro atoms. The quantitative estimate of drug-likeness (QED) is 0.123. The van der Waals surface area contributed by atoms with E-state index in [1.807, 2.05) is 78.9 Å². The second-order valence-corrected chi connectivity index (χ2v) is 17.1. The van der Waals surface area contributed by atoms with Crippen molar-refractivity contribution in [3.63, 3.8) is 0 Å². The number of nitriles is 2. The van der Waals surface area contributed by atoms with E-state index >= 15 is 0 Å². The summed E-state index contributed by atoms with van der Waals surface area (Å²) in [6, 6.07) is 30.8. The number of fused-ring (bicyclic) bond motifs is 2. The molecule has 2 N–H and O–H groups in total. The number of amides is 2. The van der Waals surface area contributed by atoms with Gasteiger partial charge >= 0.3 is 0 Å². The standard InChI is InChI=1S/2C25H27ClN4O2/c26-22-5-8-24-20(16-22)15-21(18-32-24)25(31)28-9-1-2-10-29-11-13-30(14-12-29)23-6-3-19(17-27)4-7-23;26-22-6-7-24-20(16-22)15-21(18-32-24)25(31)28-8-1-2-9-29-10-12-30(13-11-29)23-5-3-4-19(14-23)17-27/h3-8,15-16H,1-2,9-14,18H2,(H,28,31);3-7,14-16H,1-2,8-13,18H2,(H,28,31). The van der Waals surface area contributed by atoms with Crippen LogP contribution in [0.5, 0.6) is 11.5 Å². The molecule has 2 amide bonds. The molecule has 4 aliphatic heterocycles. The molecule has 0 aromatic heterocycles. The van der Waals surface area contributed by atoms with Crippen molar-refractivity contribution in [2.45, 2.75) is 25.7 Å². The third-order valence-corrected chi connectivity index (χ3v) is 12.2. The van der Waals surface area contributed by atoms with E-state index < -0.39 is 0 Å². The number of benzene rings is 4. The Morgan fingerprint density at radius 3 is 1.53 bits per heavy atom. The van der Waals surface area contributed by atoms with Crippen LogP contribution in [0.2, 0.25) is 10.0 Å². The summed E-state index contributed by atoms with van der Waals surface area (Å²) in [6.07, 6.45) is 7.67. The largest absolute Gasteiger partial charge is 0.488 e. The summed E-state index contributed by atoms with van der Waals surface area (Å²) in [5, 5.41) is 25.3. The molecule has 14 heteroatoms. The summed E-state index contributed by atoms with van der Waals surface area (Å²) in [4.78, 5) is 34.5. The van der Waals surface area contributed by atoms with Crippen LogP contribution < -0.4 is 29.9 Å². The molecule has 0 radical (unpaired) electrons. The topological polar surface area (TPSA) is 137 Å². The third kappa shape index (κ3) is 13.0. The highest BCUT2D eigenvalue weighted by Crippen LogP contribution is 2.30. The molecule has 2 saturated heterocycles. The minimum atomic E-state index is -0.0798. The maximum atomic E-state index is 12.4. The Hall–Kier alpha value is -6.02. The lowest BCUT2D eigenvalue weighted by molar-refractivity contribution is -0.118. The molecule has 64 heavy (non-hydrogen) atoms. The van der Waals surface area contributed by atoms with Crippen LogP contribution in [0.3, 0.4) is 0 Å². The molecular formula is C50H54Cl2N8O4. The van der Waals surface area contributed by atoms with Crippen LogP contribution >= 0.6 is 23.2 Å². The van der Waals surface area contributed by atoms with Gasteiger partial charge in [0, 0.05) is 98.0 Å². The van der Waals surface area contributed by atoms with Crippen LogP contribution in [0.25, 0.3) is 12.2 Å². The van der Waals surface area contributed by atoms with Gasteiger partial charge in [0.25, 0.3) is 11.8 Å². The maximum absolute atomic E-state index is 12.4. The van der Waals surface area contributed by atoms with Gasteiger partial charge in [-0.2, -0.15) is 10.5 Å². The van der Waals surface area contributed by atoms with Gasteiger partial charge in [-0.3, -0.25) is 19.4 Å². The zero-order chi connectivity index (χ0) is 44.7. The lowest BCUT2D eigenvalue weighted by atomic mass is 10.1. The van der Waals surface area contributed by atoms with Crippen molar-refractivity contribution in [3.05, 3.63) is 128 Å². The van der Waals surface area contributed by atoms with Gasteiger partial charge in [-0.05, 0) is 130 Å². The Bertz CT molecular complexity index is 2390. The summed E-state index contributed by atoms with van der Waals surface area (Å²) in [5.41, 5.74) is 6.63. The molecule has 0 unspecified atom stereocenters. The molecule has 8 rings (SSSR count). The molecule has 4 aromatic carbocycles. The van der Waals surface area contributed by atoms with Gasteiger partial charge < -0.3 is 29.9 Å². The molecular weight excluding hydrogens is 848 g/mol. The maximum Gasteiger partial charge on any atom is 0.250 e. The zero-order valence-corrected chi connectivity index (χ0v) is 37.5. The van der Waals surface area contributed by atoms with Gasteiger partial charge in [0.05, 0.1) is 34.4 Å². The van der Waals surface area contributed by atoms with Crippen molar-refractivity contribution < 1.29 is 19.1 Å². The van der Waals surface area contributed by atoms with Crippen LogP contribution in [0, 0.1) is 22.7 Å². The molecule has 0 aliphatic carbocycles. The number of carbonyl (C=O) groups is 2. The van der Waals surface area contributed by atoms with Gasteiger partial charge in [0.15, 0.2) is 0 Å². The lowest BCUT2D eigenvalue weighted by Crippen LogP contribution is -2.46. The van der Waals surface area contributed by atoms with Crippen LogP contribution in [-0.4, -0.2) is 113 Å². The average molecular weight is 902 g/mol. The minimum Gasteiger partial charge on any atom is -0.488 e. The fourth-order valence-corrected chi connectivity index (χ4v) is 8.45. The second kappa shape index (κ2) is 23.1. The molecule has 4 aromatic rings. The number of ether oxygens (including phenoxy) is 2. The van der Waals surface area contributed by atoms with E-state index in [1.54, 1.807) is 12.1 Å². The summed E-state index contributed by atoms with van der Waals surface area (Å²) < 4.78 is 11.3. The third-order valence-electron chi connectivity index (χ3n) is 11.8. The predicted octanol–water partition coefficient (Wildman–Crippen LogP) is 7.41. The van der Waals surface area contributed by atoms with Gasteiger partial charge in [-0.1, -0.05) is 29.3 Å². The first-order chi connectivity index (χ1) is 31.2. The number of hydrogen-bond acceptors (Lipinski definition) is 10. The van der Waals surface area contributed by atoms with Crippen LogP contribution in [-0.2, 0) is 9.59 Å². The Morgan fingerprint density at radius 2 is 1.05 bits per heavy atom. The van der Waals surface area contributed by atoms with E-state index in [2.05, 4.69) is 48.4 Å². The first-order valence-electron chi connectivity index (χ1n) is 22.0. The number of piperazine rings is 2. The Morgan fingerprint density at radius 1 is 0.562 bits per heavy atom. The van der Waals surface area contributed by atoms with Crippen LogP contribution in [0.15, 0.2) is 96.1 Å². The number of unbranched alkanes of at least 4 members (excludes halogenated alkanes) is 2. The van der Waals surface area contributed by atoms with E-state index in [9.17, 15) is 9.59 Å². The van der Waals surface area contributed by atoms with Gasteiger partial charge in [0.2, 0.25) is 0 Å². The molecule has 332 valence electrons. The fourth-order valence-electron chi connectivity index (χ4n) is 8.09. The van der Waals surface area contributed by atoms with Gasteiger partial charge in [-0.15, -0.1) is 0 Å². The summed E-state index contributed by atoms with van der Waals surface area (Å²) in [6.45, 7) is 11.9. The first-order valence-corrected chi connectivity index (χ1v) is 22.8. The van der Waals surface area contributed by atoms with Crippen molar-refractivity contribution in [1.82, 2.24) is 20.4 Å². The highest BCUT2D eigenvalue weighted by Gasteiger charge is 2.21. The number of nitrogens with zero attached hydrogens (tertiary/aromatic N) is 6. The van der Waals surface area contributed by atoms with Crippen molar-refractivity contribution in [1.29, 1.82) is 10.5 Å². The Labute approximate surface area is 386 Å². The molecule has 4 heterocycles. The molecule has 12 nitrogen and oxygen atoms in total. The van der Waals surface area contributed by atoms with E-state index in [0.29, 0.717) is 45.4 Å². The van der Waals surface area contributed by atoms with E-state index in [-0.39, 0.29) is 25.0 Å². The number of hydrogen-bond donors (Lipinski definition) is 2. The number of rotatable bonds is 14. The van der Waals surface area contributed by atoms with E-state index in [1.165, 1.54) is 5.69 Å². The summed E-state index contributed by atoms with van der Waals surface area (Å²) >= 11 is 12.1. The zero-order valence-electron chi connectivity index (χ0n) is 36.0. The van der Waals surface area contributed by atoms with Crippen molar-refractivity contribution in [3.8, 4) is 23.6 Å². The monoisotopic (exact) mass is 900 g/mol. The van der Waals surface area contributed by atoms with Crippen LogP contribution in [0.1, 0.15) is 47.9 Å². The highest BCUT2D eigenvalue weighted by atomic mass is 35.5. The SMILES string of the molecule is N#Cc1ccc(N2CCN(CCCCNC(=O)C3=Cc4cc(Cl)ccc4OC3)CC2)cc1.N#Cc1cccc(N2CCN(CCCCNC(=O)C3=Cc4cc(Cl)ccc4OC3)CC2)c1.